The summed E-state index contributed by atoms with van der Waals surface area (Å²) in [5.74, 6) is 0. The van der Waals surface area contributed by atoms with Crippen LogP contribution in [0, 0.1) is 5.41 Å². The number of aliphatic hydroxyl groups excluding tert-OH is 1. The summed E-state index contributed by atoms with van der Waals surface area (Å²) in [6, 6.07) is 16.4. The van der Waals surface area contributed by atoms with Gasteiger partial charge in [0.05, 0.1) is 6.10 Å². The maximum Gasteiger partial charge on any atom is 0.0838 e. The summed E-state index contributed by atoms with van der Waals surface area (Å²) in [6.07, 6.45) is -0.438. The molecule has 1 N–H and O–H groups in total. The molecule has 0 bridgehead atoms. The Labute approximate surface area is 123 Å². The van der Waals surface area contributed by atoms with Gasteiger partial charge in [-0.3, -0.25) is 0 Å². The van der Waals surface area contributed by atoms with Crippen LogP contribution in [0.5, 0.6) is 0 Å². The number of benzene rings is 2. The summed E-state index contributed by atoms with van der Waals surface area (Å²) in [5, 5.41) is 10.2. The van der Waals surface area contributed by atoms with Crippen LogP contribution in [0.15, 0.2) is 53.0 Å². The molecule has 0 aliphatic carbocycles. The fourth-order valence-corrected chi connectivity index (χ4v) is 2.26. The van der Waals surface area contributed by atoms with Gasteiger partial charge in [0, 0.05) is 4.47 Å². The van der Waals surface area contributed by atoms with Gasteiger partial charge in [-0.1, -0.05) is 73.1 Å². The highest BCUT2D eigenvalue weighted by Crippen LogP contribution is 2.33. The van der Waals surface area contributed by atoms with Crippen molar-refractivity contribution in [1.29, 1.82) is 0 Å². The molecule has 2 heteroatoms. The van der Waals surface area contributed by atoms with Crippen LogP contribution in [0.3, 0.4) is 0 Å². The Morgan fingerprint density at radius 2 is 1.26 bits per heavy atom. The highest BCUT2D eigenvalue weighted by Gasteiger charge is 2.23. The van der Waals surface area contributed by atoms with Crippen LogP contribution in [0.25, 0.3) is 11.1 Å². The van der Waals surface area contributed by atoms with Gasteiger partial charge in [-0.2, -0.15) is 0 Å². The zero-order valence-electron chi connectivity index (χ0n) is 11.5. The molecule has 0 spiro atoms. The Hall–Kier alpha value is -1.12. The van der Waals surface area contributed by atoms with Gasteiger partial charge in [0.2, 0.25) is 0 Å². The van der Waals surface area contributed by atoms with Gasteiger partial charge in [-0.05, 0) is 34.2 Å². The fraction of sp³-hybridized carbons (Fsp3) is 0.294. The van der Waals surface area contributed by atoms with Gasteiger partial charge < -0.3 is 5.11 Å². The van der Waals surface area contributed by atoms with E-state index in [4.69, 9.17) is 0 Å². The van der Waals surface area contributed by atoms with Crippen molar-refractivity contribution in [1.82, 2.24) is 0 Å². The number of hydrogen-bond acceptors (Lipinski definition) is 1. The summed E-state index contributed by atoms with van der Waals surface area (Å²) in [6.45, 7) is 6.13. The van der Waals surface area contributed by atoms with Crippen LogP contribution in [0.1, 0.15) is 32.4 Å². The minimum atomic E-state index is -0.438. The van der Waals surface area contributed by atoms with E-state index in [1.807, 2.05) is 45.0 Å². The van der Waals surface area contributed by atoms with E-state index in [0.29, 0.717) is 0 Å². The predicted octanol–water partition coefficient (Wildman–Crippen LogP) is 5.20. The third-order valence-corrected chi connectivity index (χ3v) is 3.75. The van der Waals surface area contributed by atoms with Crippen molar-refractivity contribution in [3.05, 3.63) is 58.6 Å². The van der Waals surface area contributed by atoms with E-state index in [9.17, 15) is 5.11 Å². The monoisotopic (exact) mass is 318 g/mol. The van der Waals surface area contributed by atoms with Crippen LogP contribution in [-0.4, -0.2) is 5.11 Å². The smallest absolute Gasteiger partial charge is 0.0838 e. The van der Waals surface area contributed by atoms with Crippen LogP contribution in [0.2, 0.25) is 0 Å². The average Bonchev–Trinajstić information content (AvgIpc) is 2.38. The summed E-state index contributed by atoms with van der Waals surface area (Å²) < 4.78 is 1.08. The van der Waals surface area contributed by atoms with E-state index in [2.05, 4.69) is 40.2 Å². The minimum absolute atomic E-state index is 0.140. The highest BCUT2D eigenvalue weighted by atomic mass is 79.9. The topological polar surface area (TPSA) is 20.2 Å². The fourth-order valence-electron chi connectivity index (χ4n) is 2.00. The second-order valence-electron chi connectivity index (χ2n) is 5.90. The molecule has 2 aromatic rings. The average molecular weight is 319 g/mol. The molecule has 19 heavy (non-hydrogen) atoms. The minimum Gasteiger partial charge on any atom is -0.388 e. The Morgan fingerprint density at radius 3 is 1.68 bits per heavy atom. The van der Waals surface area contributed by atoms with E-state index in [-0.39, 0.29) is 5.41 Å². The molecule has 1 atom stereocenters. The largest absolute Gasteiger partial charge is 0.388 e. The molecule has 1 unspecified atom stereocenters. The van der Waals surface area contributed by atoms with Crippen molar-refractivity contribution in [2.24, 2.45) is 5.41 Å². The first kappa shape index (κ1) is 14.3. The summed E-state index contributed by atoms with van der Waals surface area (Å²) in [5.41, 5.74) is 3.17. The molecular formula is C17H19BrO. The number of halogens is 1. The molecule has 2 rings (SSSR count). The molecule has 0 radical (unpaired) electrons. The second-order valence-corrected chi connectivity index (χ2v) is 6.81. The lowest BCUT2D eigenvalue weighted by molar-refractivity contribution is 0.0627. The summed E-state index contributed by atoms with van der Waals surface area (Å²) in [7, 11) is 0. The third kappa shape index (κ3) is 3.46. The van der Waals surface area contributed by atoms with Gasteiger partial charge in [0.1, 0.15) is 0 Å². The molecule has 0 aromatic heterocycles. The molecule has 2 aromatic carbocycles. The molecule has 1 nitrogen and oxygen atoms in total. The Balaban J connectivity index is 2.26. The zero-order chi connectivity index (χ0) is 14.0. The van der Waals surface area contributed by atoms with Crippen LogP contribution >= 0.6 is 15.9 Å². The first-order chi connectivity index (χ1) is 8.88. The Kier molecular flexibility index (Phi) is 4.12. The Morgan fingerprint density at radius 1 is 0.842 bits per heavy atom. The van der Waals surface area contributed by atoms with Crippen LogP contribution in [0.4, 0.5) is 0 Å². The van der Waals surface area contributed by atoms with E-state index >= 15 is 0 Å². The first-order valence-electron chi connectivity index (χ1n) is 6.42. The van der Waals surface area contributed by atoms with Gasteiger partial charge in [-0.25, -0.2) is 0 Å². The maximum absolute atomic E-state index is 10.2. The molecule has 0 aliphatic heterocycles. The van der Waals surface area contributed by atoms with Gasteiger partial charge in [0.25, 0.3) is 0 Å². The van der Waals surface area contributed by atoms with Crippen molar-refractivity contribution >= 4 is 15.9 Å². The normalized spacial score (nSPS) is 13.3. The number of hydrogen-bond donors (Lipinski definition) is 1. The molecule has 0 heterocycles. The van der Waals surface area contributed by atoms with E-state index in [0.717, 1.165) is 15.6 Å². The highest BCUT2D eigenvalue weighted by molar-refractivity contribution is 9.10. The van der Waals surface area contributed by atoms with E-state index in [1.165, 1.54) is 5.56 Å². The standard InChI is InChI=1S/C17H19BrO/c1-17(2,3)16(19)14-6-4-12(5-7-14)13-8-10-15(18)11-9-13/h4-11,16,19H,1-3H3. The van der Waals surface area contributed by atoms with Crippen LogP contribution < -0.4 is 0 Å². The number of aliphatic hydroxyl groups is 1. The van der Waals surface area contributed by atoms with Crippen molar-refractivity contribution < 1.29 is 5.11 Å². The maximum atomic E-state index is 10.2. The summed E-state index contributed by atoms with van der Waals surface area (Å²) in [4.78, 5) is 0. The van der Waals surface area contributed by atoms with Crippen molar-refractivity contribution in [2.75, 3.05) is 0 Å². The predicted molar refractivity (Wildman–Crippen MR) is 84.0 cm³/mol. The molecule has 100 valence electrons. The van der Waals surface area contributed by atoms with Gasteiger partial charge in [0.15, 0.2) is 0 Å². The zero-order valence-corrected chi connectivity index (χ0v) is 13.1. The molecule has 0 saturated heterocycles. The van der Waals surface area contributed by atoms with E-state index in [1.54, 1.807) is 0 Å². The molecule has 0 fully saturated rings. The molecule has 0 aliphatic rings. The van der Waals surface area contributed by atoms with E-state index < -0.39 is 6.10 Å². The molecular weight excluding hydrogens is 300 g/mol. The lowest BCUT2D eigenvalue weighted by atomic mass is 9.84. The Bertz CT molecular complexity index is 535. The van der Waals surface area contributed by atoms with Gasteiger partial charge >= 0.3 is 0 Å². The third-order valence-electron chi connectivity index (χ3n) is 3.22. The molecule has 0 amide bonds. The van der Waals surface area contributed by atoms with Gasteiger partial charge in [-0.15, -0.1) is 0 Å². The SMILES string of the molecule is CC(C)(C)C(O)c1ccc(-c2ccc(Br)cc2)cc1. The molecule has 0 saturated carbocycles. The van der Waals surface area contributed by atoms with Crippen molar-refractivity contribution in [3.63, 3.8) is 0 Å². The van der Waals surface area contributed by atoms with Crippen molar-refractivity contribution in [2.45, 2.75) is 26.9 Å². The lowest BCUT2D eigenvalue weighted by Gasteiger charge is -2.26. The number of rotatable bonds is 2. The lowest BCUT2D eigenvalue weighted by Crippen LogP contribution is -2.17. The quantitative estimate of drug-likeness (QED) is 0.807. The van der Waals surface area contributed by atoms with Crippen molar-refractivity contribution in [3.8, 4) is 11.1 Å². The first-order valence-corrected chi connectivity index (χ1v) is 7.21. The second kappa shape index (κ2) is 5.48. The summed E-state index contributed by atoms with van der Waals surface area (Å²) >= 11 is 3.44. The van der Waals surface area contributed by atoms with Crippen LogP contribution in [-0.2, 0) is 0 Å².